The lowest BCUT2D eigenvalue weighted by Gasteiger charge is -2.17. The molecular weight excluding hydrogens is 340 g/mol. The van der Waals surface area contributed by atoms with Crippen molar-refractivity contribution in [3.63, 3.8) is 0 Å². The number of fused-ring (bicyclic) bond motifs is 1. The molecule has 2 aromatic heterocycles. The average molecular weight is 357 g/mol. The number of pyridine rings is 1. The summed E-state index contributed by atoms with van der Waals surface area (Å²) in [7, 11) is 1.79. The van der Waals surface area contributed by atoms with Crippen LogP contribution in [0, 0.1) is 0 Å². The predicted octanol–water partition coefficient (Wildman–Crippen LogP) is 2.58. The SMILES string of the molecule is Cn1cc(Br)c2sc(CN3CCCOCC3)cc2c1=O. The van der Waals surface area contributed by atoms with Gasteiger partial charge in [0, 0.05) is 44.4 Å². The van der Waals surface area contributed by atoms with Gasteiger partial charge in [-0.3, -0.25) is 9.69 Å². The summed E-state index contributed by atoms with van der Waals surface area (Å²) < 4.78 is 9.14. The van der Waals surface area contributed by atoms with E-state index in [1.165, 1.54) is 4.88 Å². The Bertz CT molecular complexity index is 672. The molecule has 0 amide bonds. The van der Waals surface area contributed by atoms with Gasteiger partial charge >= 0.3 is 0 Å². The Morgan fingerprint density at radius 3 is 3.10 bits per heavy atom. The highest BCUT2D eigenvalue weighted by Crippen LogP contribution is 2.30. The number of rotatable bonds is 2. The summed E-state index contributed by atoms with van der Waals surface area (Å²) in [5.74, 6) is 0. The van der Waals surface area contributed by atoms with E-state index in [0.29, 0.717) is 0 Å². The third-order valence-electron chi connectivity index (χ3n) is 3.55. The highest BCUT2D eigenvalue weighted by molar-refractivity contribution is 9.10. The van der Waals surface area contributed by atoms with Crippen LogP contribution in [0.3, 0.4) is 0 Å². The van der Waals surface area contributed by atoms with Gasteiger partial charge in [0.25, 0.3) is 5.56 Å². The van der Waals surface area contributed by atoms with Gasteiger partial charge in [0.05, 0.1) is 21.2 Å². The van der Waals surface area contributed by atoms with E-state index in [1.807, 2.05) is 12.3 Å². The topological polar surface area (TPSA) is 34.5 Å². The molecule has 0 spiro atoms. The van der Waals surface area contributed by atoms with Crippen molar-refractivity contribution in [2.45, 2.75) is 13.0 Å². The minimum atomic E-state index is 0.0740. The maximum Gasteiger partial charge on any atom is 0.259 e. The first-order valence-corrected chi connectivity index (χ1v) is 8.34. The fraction of sp³-hybridized carbons (Fsp3) is 0.500. The third-order valence-corrected chi connectivity index (χ3v) is 5.57. The van der Waals surface area contributed by atoms with E-state index < -0.39 is 0 Å². The van der Waals surface area contributed by atoms with Crippen molar-refractivity contribution in [3.05, 3.63) is 32.0 Å². The maximum atomic E-state index is 12.2. The van der Waals surface area contributed by atoms with Gasteiger partial charge in [0.1, 0.15) is 0 Å². The summed E-state index contributed by atoms with van der Waals surface area (Å²) in [5.41, 5.74) is 0.0740. The standard InChI is InChI=1S/C14H17BrN2O2S/c1-16-9-12(15)13-11(14(16)18)7-10(20-13)8-17-3-2-5-19-6-4-17/h7,9H,2-6,8H2,1H3. The van der Waals surface area contributed by atoms with Gasteiger partial charge in [0.2, 0.25) is 0 Å². The Balaban J connectivity index is 1.91. The summed E-state index contributed by atoms with van der Waals surface area (Å²) in [4.78, 5) is 15.8. The number of nitrogens with zero attached hydrogens (tertiary/aromatic N) is 2. The number of halogens is 1. The highest BCUT2D eigenvalue weighted by Gasteiger charge is 2.14. The first-order chi connectivity index (χ1) is 9.65. The van der Waals surface area contributed by atoms with Crippen LogP contribution in [0.2, 0.25) is 0 Å². The van der Waals surface area contributed by atoms with E-state index in [1.54, 1.807) is 23.0 Å². The van der Waals surface area contributed by atoms with Gasteiger partial charge in [-0.15, -0.1) is 11.3 Å². The van der Waals surface area contributed by atoms with Crippen LogP contribution in [0.5, 0.6) is 0 Å². The van der Waals surface area contributed by atoms with Crippen LogP contribution in [0.15, 0.2) is 21.5 Å². The van der Waals surface area contributed by atoms with Crippen LogP contribution < -0.4 is 5.56 Å². The van der Waals surface area contributed by atoms with E-state index in [0.717, 1.165) is 53.8 Å². The smallest absolute Gasteiger partial charge is 0.259 e. The summed E-state index contributed by atoms with van der Waals surface area (Å²) in [6, 6.07) is 2.04. The second kappa shape index (κ2) is 5.97. The largest absolute Gasteiger partial charge is 0.380 e. The number of hydrogen-bond acceptors (Lipinski definition) is 4. The lowest BCUT2D eigenvalue weighted by Crippen LogP contribution is -2.25. The van der Waals surface area contributed by atoms with Crippen molar-refractivity contribution in [1.82, 2.24) is 9.47 Å². The van der Waals surface area contributed by atoms with Gasteiger partial charge < -0.3 is 9.30 Å². The number of ether oxygens (including phenoxy) is 1. The molecule has 0 aliphatic carbocycles. The van der Waals surface area contributed by atoms with Crippen LogP contribution in [-0.4, -0.2) is 35.8 Å². The van der Waals surface area contributed by atoms with Crippen molar-refractivity contribution in [2.75, 3.05) is 26.3 Å². The molecule has 1 saturated heterocycles. The molecule has 1 aliphatic heterocycles. The molecule has 1 aliphatic rings. The second-order valence-corrected chi connectivity index (χ2v) is 7.08. The molecule has 0 aromatic carbocycles. The van der Waals surface area contributed by atoms with Crippen LogP contribution in [0.4, 0.5) is 0 Å². The molecular formula is C14H17BrN2O2S. The van der Waals surface area contributed by atoms with Gasteiger partial charge in [-0.05, 0) is 28.4 Å². The highest BCUT2D eigenvalue weighted by atomic mass is 79.9. The van der Waals surface area contributed by atoms with Crippen LogP contribution >= 0.6 is 27.3 Å². The quantitative estimate of drug-likeness (QED) is 0.829. The first kappa shape index (κ1) is 14.3. The third kappa shape index (κ3) is 2.83. The first-order valence-electron chi connectivity index (χ1n) is 6.73. The Kier molecular flexibility index (Phi) is 4.26. The molecule has 0 bridgehead atoms. The fourth-order valence-corrected chi connectivity index (χ4v) is 4.37. The van der Waals surface area contributed by atoms with Gasteiger partial charge in [-0.2, -0.15) is 0 Å². The van der Waals surface area contributed by atoms with E-state index in [9.17, 15) is 4.79 Å². The number of aromatic nitrogens is 1. The monoisotopic (exact) mass is 356 g/mol. The lowest BCUT2D eigenvalue weighted by atomic mass is 10.3. The molecule has 0 N–H and O–H groups in total. The Labute approximate surface area is 130 Å². The molecule has 2 aromatic rings. The van der Waals surface area contributed by atoms with Crippen molar-refractivity contribution >= 4 is 37.4 Å². The van der Waals surface area contributed by atoms with Crippen molar-refractivity contribution < 1.29 is 4.74 Å². The van der Waals surface area contributed by atoms with Crippen LogP contribution in [0.1, 0.15) is 11.3 Å². The van der Waals surface area contributed by atoms with Gasteiger partial charge in [0.15, 0.2) is 0 Å². The summed E-state index contributed by atoms with van der Waals surface area (Å²) >= 11 is 5.25. The van der Waals surface area contributed by atoms with Crippen LogP contribution in [-0.2, 0) is 18.3 Å². The zero-order chi connectivity index (χ0) is 14.1. The van der Waals surface area contributed by atoms with Gasteiger partial charge in [-0.1, -0.05) is 0 Å². The van der Waals surface area contributed by atoms with Crippen LogP contribution in [0.25, 0.3) is 10.1 Å². The van der Waals surface area contributed by atoms with Crippen molar-refractivity contribution in [1.29, 1.82) is 0 Å². The lowest BCUT2D eigenvalue weighted by molar-refractivity contribution is 0.140. The molecule has 108 valence electrons. The predicted molar refractivity (Wildman–Crippen MR) is 85.5 cm³/mol. The summed E-state index contributed by atoms with van der Waals surface area (Å²) in [5, 5.41) is 0.813. The summed E-state index contributed by atoms with van der Waals surface area (Å²) in [6.45, 7) is 4.59. The molecule has 1 fully saturated rings. The average Bonchev–Trinajstić information content (AvgIpc) is 2.67. The molecule has 0 radical (unpaired) electrons. The molecule has 4 nitrogen and oxygen atoms in total. The normalized spacial score (nSPS) is 17.5. The van der Waals surface area contributed by atoms with E-state index in [-0.39, 0.29) is 5.56 Å². The minimum Gasteiger partial charge on any atom is -0.380 e. The Morgan fingerprint density at radius 2 is 2.25 bits per heavy atom. The number of thiophene rings is 1. The number of aryl methyl sites for hydroxylation is 1. The van der Waals surface area contributed by atoms with Crippen molar-refractivity contribution in [2.24, 2.45) is 7.05 Å². The molecule has 0 saturated carbocycles. The molecule has 0 unspecified atom stereocenters. The second-order valence-electron chi connectivity index (χ2n) is 5.09. The maximum absolute atomic E-state index is 12.2. The Hall–Kier alpha value is -0.690. The molecule has 20 heavy (non-hydrogen) atoms. The Morgan fingerprint density at radius 1 is 1.40 bits per heavy atom. The van der Waals surface area contributed by atoms with Crippen molar-refractivity contribution in [3.8, 4) is 0 Å². The zero-order valence-electron chi connectivity index (χ0n) is 11.4. The fourth-order valence-electron chi connectivity index (χ4n) is 2.51. The molecule has 0 atom stereocenters. The van der Waals surface area contributed by atoms with E-state index in [2.05, 4.69) is 20.8 Å². The molecule has 3 rings (SSSR count). The van der Waals surface area contributed by atoms with E-state index in [4.69, 9.17) is 4.74 Å². The molecule has 3 heterocycles. The van der Waals surface area contributed by atoms with Gasteiger partial charge in [-0.25, -0.2) is 0 Å². The zero-order valence-corrected chi connectivity index (χ0v) is 13.8. The minimum absolute atomic E-state index is 0.0740. The number of hydrogen-bond donors (Lipinski definition) is 0. The van der Waals surface area contributed by atoms with E-state index >= 15 is 0 Å². The summed E-state index contributed by atoms with van der Waals surface area (Å²) in [6.07, 6.45) is 2.92. The molecule has 6 heteroatoms.